The lowest BCUT2D eigenvalue weighted by molar-refractivity contribution is -0.116. The lowest BCUT2D eigenvalue weighted by atomic mass is 10.3. The molecular formula is C16H18N4OS. The van der Waals surface area contributed by atoms with E-state index in [1.54, 1.807) is 22.2 Å². The van der Waals surface area contributed by atoms with Crippen LogP contribution in [0.3, 0.4) is 0 Å². The second-order valence-corrected chi connectivity index (χ2v) is 6.49. The molecule has 0 saturated carbocycles. The lowest BCUT2D eigenvalue weighted by Crippen LogP contribution is -2.16. The van der Waals surface area contributed by atoms with Crippen LogP contribution >= 0.6 is 11.3 Å². The number of fused-ring (bicyclic) bond motifs is 1. The Hall–Kier alpha value is -2.21. The number of carbonyl (C=O) groups excluding carboxylic acids is 1. The maximum atomic E-state index is 12.1. The minimum Gasteiger partial charge on any atom is -0.311 e. The average Bonchev–Trinajstić information content (AvgIpc) is 3.10. The van der Waals surface area contributed by atoms with Crippen molar-refractivity contribution in [2.45, 2.75) is 32.7 Å². The minimum atomic E-state index is -0.0124. The van der Waals surface area contributed by atoms with Gasteiger partial charge in [-0.25, -0.2) is 9.67 Å². The monoisotopic (exact) mass is 314 g/mol. The molecule has 1 aromatic carbocycles. The van der Waals surface area contributed by atoms with E-state index in [2.05, 4.69) is 21.5 Å². The highest BCUT2D eigenvalue weighted by atomic mass is 32.1. The number of amides is 1. The van der Waals surface area contributed by atoms with Crippen LogP contribution in [0, 0.1) is 0 Å². The normalized spacial score (nSPS) is 11.2. The molecule has 0 fully saturated rings. The van der Waals surface area contributed by atoms with Gasteiger partial charge < -0.3 is 5.32 Å². The van der Waals surface area contributed by atoms with Gasteiger partial charge in [0, 0.05) is 24.9 Å². The third kappa shape index (κ3) is 3.17. The maximum Gasteiger partial charge on any atom is 0.225 e. The Morgan fingerprint density at radius 2 is 2.14 bits per heavy atom. The summed E-state index contributed by atoms with van der Waals surface area (Å²) >= 11 is 1.65. The topological polar surface area (TPSA) is 59.8 Å². The quantitative estimate of drug-likeness (QED) is 0.782. The van der Waals surface area contributed by atoms with E-state index >= 15 is 0 Å². The van der Waals surface area contributed by atoms with Gasteiger partial charge in [-0.15, -0.1) is 11.3 Å². The van der Waals surface area contributed by atoms with Crippen LogP contribution < -0.4 is 5.32 Å². The number of benzene rings is 1. The van der Waals surface area contributed by atoms with E-state index in [4.69, 9.17) is 0 Å². The number of thiazole rings is 1. The van der Waals surface area contributed by atoms with E-state index in [-0.39, 0.29) is 11.9 Å². The predicted molar refractivity (Wildman–Crippen MR) is 89.2 cm³/mol. The zero-order valence-corrected chi connectivity index (χ0v) is 13.4. The summed E-state index contributed by atoms with van der Waals surface area (Å²) < 4.78 is 2.96. The Morgan fingerprint density at radius 1 is 1.32 bits per heavy atom. The van der Waals surface area contributed by atoms with Crippen LogP contribution in [0.5, 0.6) is 0 Å². The molecule has 3 rings (SSSR count). The third-order valence-corrected chi connectivity index (χ3v) is 4.43. The lowest BCUT2D eigenvalue weighted by Gasteiger charge is -2.11. The van der Waals surface area contributed by atoms with Gasteiger partial charge in [0.05, 0.1) is 21.4 Å². The first-order chi connectivity index (χ1) is 10.6. The highest BCUT2D eigenvalue weighted by molar-refractivity contribution is 7.18. The van der Waals surface area contributed by atoms with E-state index in [1.807, 2.05) is 38.1 Å². The first kappa shape index (κ1) is 14.7. The largest absolute Gasteiger partial charge is 0.311 e. The molecule has 0 saturated heterocycles. The number of hydrogen-bond acceptors (Lipinski definition) is 4. The number of hydrogen-bond donors (Lipinski definition) is 1. The number of anilines is 1. The number of nitrogens with zero attached hydrogens (tertiary/aromatic N) is 3. The first-order valence-corrected chi connectivity index (χ1v) is 8.13. The van der Waals surface area contributed by atoms with Crippen molar-refractivity contribution < 1.29 is 4.79 Å². The summed E-state index contributed by atoms with van der Waals surface area (Å²) in [5.41, 5.74) is 1.00. The molecule has 0 spiro atoms. The van der Waals surface area contributed by atoms with Crippen LogP contribution in [-0.4, -0.2) is 20.7 Å². The van der Waals surface area contributed by atoms with Gasteiger partial charge in [-0.05, 0) is 26.0 Å². The zero-order valence-electron chi connectivity index (χ0n) is 12.6. The van der Waals surface area contributed by atoms with E-state index < -0.39 is 0 Å². The third-order valence-electron chi connectivity index (χ3n) is 3.33. The van der Waals surface area contributed by atoms with Crippen molar-refractivity contribution in [2.24, 2.45) is 0 Å². The van der Waals surface area contributed by atoms with Gasteiger partial charge in [0.2, 0.25) is 5.91 Å². The molecule has 0 unspecified atom stereocenters. The van der Waals surface area contributed by atoms with Crippen molar-refractivity contribution in [3.63, 3.8) is 0 Å². The van der Waals surface area contributed by atoms with Crippen LogP contribution in [0.4, 0.5) is 5.82 Å². The SMILES string of the molecule is CC(C)n1nccc1NC(=O)CCc1nc2ccccc2s1. The molecule has 3 aromatic rings. The van der Waals surface area contributed by atoms with Gasteiger partial charge in [0.15, 0.2) is 0 Å². The summed E-state index contributed by atoms with van der Waals surface area (Å²) in [7, 11) is 0. The van der Waals surface area contributed by atoms with E-state index in [9.17, 15) is 4.79 Å². The van der Waals surface area contributed by atoms with Crippen LogP contribution in [0.2, 0.25) is 0 Å². The zero-order chi connectivity index (χ0) is 15.5. The number of para-hydroxylation sites is 1. The highest BCUT2D eigenvalue weighted by Crippen LogP contribution is 2.22. The van der Waals surface area contributed by atoms with Crippen molar-refractivity contribution >= 4 is 33.3 Å². The molecule has 1 amide bonds. The summed E-state index contributed by atoms with van der Waals surface area (Å²) in [5.74, 6) is 0.728. The average molecular weight is 314 g/mol. The molecule has 0 atom stereocenters. The van der Waals surface area contributed by atoms with Crippen molar-refractivity contribution in [1.82, 2.24) is 14.8 Å². The van der Waals surface area contributed by atoms with E-state index in [0.717, 1.165) is 21.0 Å². The molecule has 2 aromatic heterocycles. The number of rotatable bonds is 5. The molecule has 0 radical (unpaired) electrons. The van der Waals surface area contributed by atoms with Crippen LogP contribution in [0.15, 0.2) is 36.5 Å². The minimum absolute atomic E-state index is 0.0124. The van der Waals surface area contributed by atoms with Gasteiger partial charge in [-0.3, -0.25) is 4.79 Å². The molecule has 0 aliphatic rings. The first-order valence-electron chi connectivity index (χ1n) is 7.31. The van der Waals surface area contributed by atoms with Crippen LogP contribution in [-0.2, 0) is 11.2 Å². The second kappa shape index (κ2) is 6.27. The van der Waals surface area contributed by atoms with Gasteiger partial charge in [0.25, 0.3) is 0 Å². The summed E-state index contributed by atoms with van der Waals surface area (Å²) in [6, 6.07) is 10.1. The molecule has 0 aliphatic carbocycles. The Kier molecular flexibility index (Phi) is 4.20. The summed E-state index contributed by atoms with van der Waals surface area (Å²) in [6.45, 7) is 4.06. The number of carbonyl (C=O) groups is 1. The van der Waals surface area contributed by atoms with Crippen molar-refractivity contribution in [3.05, 3.63) is 41.5 Å². The summed E-state index contributed by atoms with van der Waals surface area (Å²) in [5, 5.41) is 8.12. The molecule has 1 N–H and O–H groups in total. The Bertz CT molecular complexity index is 757. The van der Waals surface area contributed by atoms with Gasteiger partial charge in [-0.1, -0.05) is 12.1 Å². The van der Waals surface area contributed by atoms with Crippen LogP contribution in [0.1, 0.15) is 31.3 Å². The predicted octanol–water partition coefficient (Wildman–Crippen LogP) is 3.65. The maximum absolute atomic E-state index is 12.1. The molecule has 22 heavy (non-hydrogen) atoms. The summed E-state index contributed by atoms with van der Waals surface area (Å²) in [6.07, 6.45) is 2.77. The fraction of sp³-hybridized carbons (Fsp3) is 0.312. The second-order valence-electron chi connectivity index (χ2n) is 5.38. The number of aromatic nitrogens is 3. The van der Waals surface area contributed by atoms with Crippen molar-refractivity contribution in [2.75, 3.05) is 5.32 Å². The molecule has 6 heteroatoms. The van der Waals surface area contributed by atoms with Gasteiger partial charge in [0.1, 0.15) is 5.82 Å². The fourth-order valence-electron chi connectivity index (χ4n) is 2.28. The molecule has 0 aliphatic heterocycles. The molecular weight excluding hydrogens is 296 g/mol. The standard InChI is InChI=1S/C16H18N4OS/c1-11(2)20-14(9-10-17-20)19-15(21)7-8-16-18-12-5-3-4-6-13(12)22-16/h3-6,9-11H,7-8H2,1-2H3,(H,19,21). The molecule has 114 valence electrons. The van der Waals surface area contributed by atoms with E-state index in [1.165, 1.54) is 0 Å². The number of aryl methyl sites for hydroxylation is 1. The molecule has 5 nitrogen and oxygen atoms in total. The van der Waals surface area contributed by atoms with Gasteiger partial charge >= 0.3 is 0 Å². The fourth-order valence-corrected chi connectivity index (χ4v) is 3.24. The van der Waals surface area contributed by atoms with Gasteiger partial charge in [-0.2, -0.15) is 5.10 Å². The molecule has 0 bridgehead atoms. The van der Waals surface area contributed by atoms with Crippen LogP contribution in [0.25, 0.3) is 10.2 Å². The Morgan fingerprint density at radius 3 is 2.91 bits per heavy atom. The smallest absolute Gasteiger partial charge is 0.225 e. The number of nitrogens with one attached hydrogen (secondary N) is 1. The van der Waals surface area contributed by atoms with Crippen molar-refractivity contribution in [1.29, 1.82) is 0 Å². The summed E-state index contributed by atoms with van der Waals surface area (Å²) in [4.78, 5) is 16.6. The Labute approximate surface area is 133 Å². The van der Waals surface area contributed by atoms with E-state index in [0.29, 0.717) is 12.8 Å². The Balaban J connectivity index is 1.61. The van der Waals surface area contributed by atoms with Crippen molar-refractivity contribution in [3.8, 4) is 0 Å². The highest BCUT2D eigenvalue weighted by Gasteiger charge is 2.11. The molecule has 2 heterocycles.